The van der Waals surface area contributed by atoms with Crippen LogP contribution in [-0.4, -0.2) is 55.5 Å². The van der Waals surface area contributed by atoms with E-state index in [1.807, 2.05) is 14.0 Å². The van der Waals surface area contributed by atoms with E-state index in [1.165, 1.54) is 11.3 Å². The second-order valence-electron chi connectivity index (χ2n) is 5.41. The number of rotatable bonds is 3. The first-order valence-electron chi connectivity index (χ1n) is 6.76. The Hall–Kier alpha value is -0.470. The van der Waals surface area contributed by atoms with E-state index < -0.39 is 10.0 Å². The normalized spacial score (nSPS) is 22.9. The summed E-state index contributed by atoms with van der Waals surface area (Å²) in [6, 6.07) is -0.0571. The minimum atomic E-state index is -3.53. The largest absolute Gasteiger partial charge is 0.391 e. The Morgan fingerprint density at radius 2 is 2.15 bits per heavy atom. The number of nitrogens with zero attached hydrogens (tertiary/aromatic N) is 2. The number of aryl methyl sites for hydroxylation is 1. The van der Waals surface area contributed by atoms with E-state index in [9.17, 15) is 13.5 Å². The molecule has 0 bridgehead atoms. The molecule has 1 N–H and O–H groups in total. The summed E-state index contributed by atoms with van der Waals surface area (Å²) in [5.41, 5.74) is 0.726. The predicted octanol–water partition coefficient (Wildman–Crippen LogP) is 1.26. The molecule has 1 aliphatic rings. The quantitative estimate of drug-likeness (QED) is 0.911. The van der Waals surface area contributed by atoms with Crippen molar-refractivity contribution in [3.63, 3.8) is 0 Å². The molecule has 5 nitrogen and oxygen atoms in total. The summed E-state index contributed by atoms with van der Waals surface area (Å²) in [5, 5.41) is 11.2. The van der Waals surface area contributed by atoms with E-state index in [0.29, 0.717) is 16.3 Å². The van der Waals surface area contributed by atoms with Crippen LogP contribution in [0.2, 0.25) is 0 Å². The standard InChI is InChI=1S/C13H22N2O3S2/c1-10-9-19-12(8-16)13(10)20(17,18)15-6-4-5-14(3)7-11(15)2/h9,11,16H,4-8H2,1-3H3. The van der Waals surface area contributed by atoms with Crippen molar-refractivity contribution in [2.24, 2.45) is 0 Å². The topological polar surface area (TPSA) is 60.9 Å². The van der Waals surface area contributed by atoms with Gasteiger partial charge in [-0.05, 0) is 44.8 Å². The smallest absolute Gasteiger partial charge is 0.244 e. The molecule has 0 aromatic carbocycles. The third-order valence-electron chi connectivity index (χ3n) is 3.69. The molecule has 2 rings (SSSR count). The van der Waals surface area contributed by atoms with Crippen molar-refractivity contribution in [2.45, 2.75) is 37.8 Å². The fraction of sp³-hybridized carbons (Fsp3) is 0.692. The number of thiophene rings is 1. The molecule has 0 spiro atoms. The highest BCUT2D eigenvalue weighted by molar-refractivity contribution is 7.89. The molecule has 2 heterocycles. The lowest BCUT2D eigenvalue weighted by atomic mass is 10.3. The molecular weight excluding hydrogens is 296 g/mol. The van der Waals surface area contributed by atoms with Gasteiger partial charge in [-0.2, -0.15) is 4.31 Å². The first-order chi connectivity index (χ1) is 9.37. The van der Waals surface area contributed by atoms with Gasteiger partial charge < -0.3 is 10.0 Å². The summed E-state index contributed by atoms with van der Waals surface area (Å²) in [7, 11) is -1.52. The van der Waals surface area contributed by atoms with Crippen LogP contribution < -0.4 is 0 Å². The highest BCUT2D eigenvalue weighted by Crippen LogP contribution is 2.31. The van der Waals surface area contributed by atoms with Crippen LogP contribution in [0.3, 0.4) is 0 Å². The monoisotopic (exact) mass is 318 g/mol. The Balaban J connectivity index is 2.41. The highest BCUT2D eigenvalue weighted by Gasteiger charge is 2.34. The minimum absolute atomic E-state index is 0.0571. The molecule has 0 radical (unpaired) electrons. The van der Waals surface area contributed by atoms with Crippen molar-refractivity contribution in [2.75, 3.05) is 26.7 Å². The first kappa shape index (κ1) is 15.9. The van der Waals surface area contributed by atoms with Crippen LogP contribution in [0.1, 0.15) is 23.8 Å². The number of hydrogen-bond acceptors (Lipinski definition) is 5. The first-order valence-corrected chi connectivity index (χ1v) is 9.08. The Bertz CT molecular complexity index is 568. The van der Waals surface area contributed by atoms with Gasteiger partial charge in [0, 0.05) is 19.1 Å². The average molecular weight is 318 g/mol. The Morgan fingerprint density at radius 3 is 2.80 bits per heavy atom. The number of likely N-dealkylation sites (N-methyl/N-ethyl adjacent to an activating group) is 1. The molecule has 0 amide bonds. The number of sulfonamides is 1. The molecule has 1 unspecified atom stereocenters. The zero-order valence-corrected chi connectivity index (χ0v) is 13.8. The third-order valence-corrected chi connectivity index (χ3v) is 7.15. The van der Waals surface area contributed by atoms with Gasteiger partial charge in [0.15, 0.2) is 0 Å². The maximum Gasteiger partial charge on any atom is 0.244 e. The molecular formula is C13H22N2O3S2. The average Bonchev–Trinajstić information content (AvgIpc) is 2.66. The molecule has 1 atom stereocenters. The SMILES string of the molecule is Cc1csc(CO)c1S(=O)(=O)N1CCCN(C)CC1C. The van der Waals surface area contributed by atoms with Crippen molar-refractivity contribution >= 4 is 21.4 Å². The van der Waals surface area contributed by atoms with E-state index in [0.717, 1.165) is 25.1 Å². The highest BCUT2D eigenvalue weighted by atomic mass is 32.2. The van der Waals surface area contributed by atoms with E-state index in [-0.39, 0.29) is 12.6 Å². The summed E-state index contributed by atoms with van der Waals surface area (Å²) < 4.78 is 27.4. The van der Waals surface area contributed by atoms with Crippen molar-refractivity contribution in [1.29, 1.82) is 0 Å². The summed E-state index contributed by atoms with van der Waals surface area (Å²) in [6.07, 6.45) is 0.831. The molecule has 0 aliphatic carbocycles. The Kier molecular flexibility index (Phi) is 4.86. The van der Waals surface area contributed by atoms with E-state index in [4.69, 9.17) is 0 Å². The molecule has 114 valence electrons. The minimum Gasteiger partial charge on any atom is -0.391 e. The van der Waals surface area contributed by atoms with Gasteiger partial charge in [-0.1, -0.05) is 0 Å². The molecule has 1 aromatic rings. The fourth-order valence-corrected chi connectivity index (χ4v) is 6.04. The van der Waals surface area contributed by atoms with Crippen molar-refractivity contribution in [3.05, 3.63) is 15.8 Å². The van der Waals surface area contributed by atoms with Gasteiger partial charge in [-0.25, -0.2) is 8.42 Å². The van der Waals surface area contributed by atoms with Crippen LogP contribution in [0, 0.1) is 6.92 Å². The zero-order valence-electron chi connectivity index (χ0n) is 12.2. The van der Waals surface area contributed by atoms with Gasteiger partial charge >= 0.3 is 0 Å². The maximum atomic E-state index is 12.9. The van der Waals surface area contributed by atoms with Crippen LogP contribution in [0.25, 0.3) is 0 Å². The predicted molar refractivity (Wildman–Crippen MR) is 80.4 cm³/mol. The fourth-order valence-electron chi connectivity index (χ4n) is 2.77. The lowest BCUT2D eigenvalue weighted by Gasteiger charge is -2.27. The van der Waals surface area contributed by atoms with Crippen LogP contribution in [0.15, 0.2) is 10.3 Å². The van der Waals surface area contributed by atoms with Gasteiger partial charge in [-0.3, -0.25) is 0 Å². The van der Waals surface area contributed by atoms with Gasteiger partial charge in [-0.15, -0.1) is 11.3 Å². The molecule has 1 saturated heterocycles. The Morgan fingerprint density at radius 1 is 1.45 bits per heavy atom. The molecule has 7 heteroatoms. The van der Waals surface area contributed by atoms with Gasteiger partial charge in [0.1, 0.15) is 4.90 Å². The van der Waals surface area contributed by atoms with Crippen LogP contribution >= 0.6 is 11.3 Å². The molecule has 1 aliphatic heterocycles. The Labute approximate surface area is 124 Å². The molecule has 1 fully saturated rings. The second kappa shape index (κ2) is 6.11. The summed E-state index contributed by atoms with van der Waals surface area (Å²) >= 11 is 1.31. The third kappa shape index (κ3) is 2.92. The van der Waals surface area contributed by atoms with E-state index in [2.05, 4.69) is 4.90 Å². The van der Waals surface area contributed by atoms with E-state index in [1.54, 1.807) is 16.6 Å². The van der Waals surface area contributed by atoms with Crippen LogP contribution in [0.5, 0.6) is 0 Å². The van der Waals surface area contributed by atoms with Gasteiger partial charge in [0.25, 0.3) is 0 Å². The van der Waals surface area contributed by atoms with Crippen molar-refractivity contribution < 1.29 is 13.5 Å². The lowest BCUT2D eigenvalue weighted by molar-refractivity contribution is 0.279. The van der Waals surface area contributed by atoms with Crippen molar-refractivity contribution in [3.8, 4) is 0 Å². The van der Waals surface area contributed by atoms with Gasteiger partial charge in [0.05, 0.1) is 11.5 Å². The summed E-state index contributed by atoms with van der Waals surface area (Å²) in [4.78, 5) is 3.00. The summed E-state index contributed by atoms with van der Waals surface area (Å²) in [5.74, 6) is 0. The second-order valence-corrected chi connectivity index (χ2v) is 8.20. The number of hydrogen-bond donors (Lipinski definition) is 1. The maximum absolute atomic E-state index is 12.9. The zero-order chi connectivity index (χ0) is 14.9. The van der Waals surface area contributed by atoms with Gasteiger partial charge in [0.2, 0.25) is 10.0 Å². The van der Waals surface area contributed by atoms with Crippen LogP contribution in [0.4, 0.5) is 0 Å². The number of aliphatic hydroxyl groups is 1. The molecule has 20 heavy (non-hydrogen) atoms. The van der Waals surface area contributed by atoms with Crippen LogP contribution in [-0.2, 0) is 16.6 Å². The molecule has 0 saturated carbocycles. The molecule has 1 aromatic heterocycles. The summed E-state index contributed by atoms with van der Waals surface area (Å²) in [6.45, 7) is 5.68. The number of aliphatic hydroxyl groups excluding tert-OH is 1. The van der Waals surface area contributed by atoms with E-state index >= 15 is 0 Å². The van der Waals surface area contributed by atoms with Crippen molar-refractivity contribution in [1.82, 2.24) is 9.21 Å². The lowest BCUT2D eigenvalue weighted by Crippen LogP contribution is -2.42.